The zero-order valence-corrected chi connectivity index (χ0v) is 8.80. The summed E-state index contributed by atoms with van der Waals surface area (Å²) < 4.78 is 0. The molecule has 0 amide bonds. The van der Waals surface area contributed by atoms with Gasteiger partial charge in [0.15, 0.2) is 0 Å². The minimum absolute atomic E-state index is 0.221. The van der Waals surface area contributed by atoms with Crippen molar-refractivity contribution in [2.45, 2.75) is 6.42 Å². The number of hydrogen-bond acceptors (Lipinski definition) is 2. The Morgan fingerprint density at radius 3 is 2.38 bits per heavy atom. The van der Waals surface area contributed by atoms with E-state index in [0.29, 0.717) is 12.5 Å². The Bertz CT molecular complexity index is 451. The fourth-order valence-corrected chi connectivity index (χ4v) is 1.59. The van der Waals surface area contributed by atoms with Gasteiger partial charge < -0.3 is 10.2 Å². The predicted octanol–water partition coefficient (Wildman–Crippen LogP) is 2.89. The maximum atomic E-state index is 9.90. The first-order chi connectivity index (χ1) is 7.75. The highest BCUT2D eigenvalue weighted by Gasteiger charge is 2.09. The first-order valence-electron chi connectivity index (χ1n) is 5.14. The Morgan fingerprint density at radius 2 is 1.69 bits per heavy atom. The molecule has 2 nitrogen and oxygen atoms in total. The molecule has 0 aliphatic rings. The fraction of sp³-hybridized carbons (Fsp3) is 0.0714. The van der Waals surface area contributed by atoms with Crippen molar-refractivity contribution in [3.8, 4) is 5.75 Å². The molecule has 0 saturated carbocycles. The quantitative estimate of drug-likeness (QED) is 0.823. The van der Waals surface area contributed by atoms with E-state index >= 15 is 0 Å². The Hall–Kier alpha value is -1.80. The van der Waals surface area contributed by atoms with Crippen molar-refractivity contribution < 1.29 is 10.2 Å². The Morgan fingerprint density at radius 1 is 0.938 bits per heavy atom. The summed E-state index contributed by atoms with van der Waals surface area (Å²) in [6.45, 7) is 0. The molecular formula is C14H13O2. The molecular weight excluding hydrogens is 200 g/mol. The van der Waals surface area contributed by atoms with Crippen LogP contribution >= 0.6 is 0 Å². The first-order valence-corrected chi connectivity index (χ1v) is 5.14. The van der Waals surface area contributed by atoms with Crippen LogP contribution < -0.4 is 0 Å². The predicted molar refractivity (Wildman–Crippen MR) is 62.5 cm³/mol. The second-order valence-corrected chi connectivity index (χ2v) is 3.66. The van der Waals surface area contributed by atoms with Crippen molar-refractivity contribution in [2.75, 3.05) is 0 Å². The zero-order valence-electron chi connectivity index (χ0n) is 8.80. The fourth-order valence-electron chi connectivity index (χ4n) is 1.59. The molecule has 2 rings (SSSR count). The van der Waals surface area contributed by atoms with E-state index in [-0.39, 0.29) is 5.75 Å². The molecule has 0 bridgehead atoms. The van der Waals surface area contributed by atoms with Crippen LogP contribution in [0.1, 0.15) is 11.1 Å². The molecule has 1 radical (unpaired) electrons. The summed E-state index contributed by atoms with van der Waals surface area (Å²) in [5.74, 6) is 0.221. The van der Waals surface area contributed by atoms with Crippen LogP contribution in [0, 0.1) is 6.10 Å². The van der Waals surface area contributed by atoms with Crippen LogP contribution in [0.4, 0.5) is 0 Å². The van der Waals surface area contributed by atoms with Crippen LogP contribution in [0.2, 0.25) is 0 Å². The van der Waals surface area contributed by atoms with E-state index in [0.717, 1.165) is 11.1 Å². The molecule has 0 aromatic heterocycles. The lowest BCUT2D eigenvalue weighted by molar-refractivity contribution is 0.323. The third kappa shape index (κ3) is 2.61. The van der Waals surface area contributed by atoms with Crippen LogP contribution in [0.3, 0.4) is 0 Å². The van der Waals surface area contributed by atoms with Gasteiger partial charge in [0.1, 0.15) is 11.9 Å². The molecule has 0 unspecified atom stereocenters. The highest BCUT2D eigenvalue weighted by Crippen LogP contribution is 2.19. The summed E-state index contributed by atoms with van der Waals surface area (Å²) in [5.41, 5.74) is 1.70. The zero-order chi connectivity index (χ0) is 11.4. The molecule has 0 spiro atoms. The molecule has 0 atom stereocenters. The largest absolute Gasteiger partial charge is 0.508 e. The molecule has 0 fully saturated rings. The van der Waals surface area contributed by atoms with Gasteiger partial charge in [0, 0.05) is 6.42 Å². The number of aliphatic hydroxyl groups excluding tert-OH is 1. The smallest absolute Gasteiger partial charge is 0.127 e. The molecule has 2 heteroatoms. The van der Waals surface area contributed by atoms with Gasteiger partial charge in [0.05, 0.1) is 0 Å². The number of aliphatic hydroxyl groups is 1. The van der Waals surface area contributed by atoms with E-state index in [1.165, 1.54) is 0 Å². The molecule has 2 N–H and O–H groups in total. The Labute approximate surface area is 94.8 Å². The van der Waals surface area contributed by atoms with Crippen molar-refractivity contribution >= 4 is 0 Å². The molecule has 0 aliphatic carbocycles. The maximum Gasteiger partial charge on any atom is 0.127 e. The number of benzene rings is 2. The van der Waals surface area contributed by atoms with Gasteiger partial charge in [-0.25, -0.2) is 0 Å². The number of phenols is 1. The molecule has 0 aliphatic heterocycles. The number of hydrogen-bond donors (Lipinski definition) is 2. The molecule has 2 aromatic rings. The highest BCUT2D eigenvalue weighted by atomic mass is 16.3. The van der Waals surface area contributed by atoms with E-state index < -0.39 is 0 Å². The second-order valence-electron chi connectivity index (χ2n) is 3.66. The van der Waals surface area contributed by atoms with Gasteiger partial charge >= 0.3 is 0 Å². The van der Waals surface area contributed by atoms with Crippen LogP contribution in [0.5, 0.6) is 5.75 Å². The van der Waals surface area contributed by atoms with E-state index in [4.69, 9.17) is 0 Å². The van der Waals surface area contributed by atoms with Crippen molar-refractivity contribution in [1.82, 2.24) is 0 Å². The lowest BCUT2D eigenvalue weighted by Gasteiger charge is -2.09. The van der Waals surface area contributed by atoms with Gasteiger partial charge in [-0.3, -0.25) is 0 Å². The monoisotopic (exact) mass is 213 g/mol. The van der Waals surface area contributed by atoms with Crippen LogP contribution in [0.25, 0.3) is 0 Å². The molecule has 2 aromatic carbocycles. The number of phenolic OH excluding ortho intramolecular Hbond substituents is 1. The third-order valence-corrected chi connectivity index (χ3v) is 2.39. The van der Waals surface area contributed by atoms with E-state index in [9.17, 15) is 10.2 Å². The topological polar surface area (TPSA) is 40.5 Å². The molecule has 16 heavy (non-hydrogen) atoms. The first kappa shape index (κ1) is 10.7. The normalized spacial score (nSPS) is 10.6. The number of aromatic hydroxyl groups is 1. The van der Waals surface area contributed by atoms with Gasteiger partial charge in [-0.15, -0.1) is 0 Å². The summed E-state index contributed by atoms with van der Waals surface area (Å²) in [6.07, 6.45) is 0.740. The van der Waals surface area contributed by atoms with Gasteiger partial charge in [0.25, 0.3) is 0 Å². The van der Waals surface area contributed by atoms with Gasteiger partial charge in [0.2, 0.25) is 0 Å². The van der Waals surface area contributed by atoms with Crippen molar-refractivity contribution in [2.24, 2.45) is 0 Å². The van der Waals surface area contributed by atoms with Crippen molar-refractivity contribution in [1.29, 1.82) is 0 Å². The summed E-state index contributed by atoms with van der Waals surface area (Å²) in [5, 5.41) is 19.2. The molecule has 81 valence electrons. The van der Waals surface area contributed by atoms with E-state index in [2.05, 4.69) is 0 Å². The SMILES string of the molecule is O[C](Cc1cccc(O)c1)c1ccccc1. The van der Waals surface area contributed by atoms with Gasteiger partial charge in [-0.1, -0.05) is 42.5 Å². The van der Waals surface area contributed by atoms with E-state index in [1.807, 2.05) is 36.4 Å². The average molecular weight is 213 g/mol. The summed E-state index contributed by atoms with van der Waals surface area (Å²) in [6, 6.07) is 16.3. The lowest BCUT2D eigenvalue weighted by atomic mass is 10.0. The third-order valence-electron chi connectivity index (χ3n) is 2.39. The van der Waals surface area contributed by atoms with Crippen LogP contribution in [-0.2, 0) is 6.42 Å². The highest BCUT2D eigenvalue weighted by molar-refractivity contribution is 5.33. The minimum atomic E-state index is 0.221. The Balaban J connectivity index is 2.11. The van der Waals surface area contributed by atoms with Gasteiger partial charge in [-0.2, -0.15) is 0 Å². The second kappa shape index (κ2) is 4.81. The number of rotatable bonds is 3. The van der Waals surface area contributed by atoms with Crippen LogP contribution in [0.15, 0.2) is 54.6 Å². The minimum Gasteiger partial charge on any atom is -0.508 e. The maximum absolute atomic E-state index is 9.90. The summed E-state index contributed by atoms with van der Waals surface area (Å²) >= 11 is 0. The van der Waals surface area contributed by atoms with E-state index in [1.54, 1.807) is 18.2 Å². The van der Waals surface area contributed by atoms with Crippen LogP contribution in [-0.4, -0.2) is 10.2 Å². The molecule has 0 heterocycles. The molecule has 0 saturated heterocycles. The van der Waals surface area contributed by atoms with Crippen molar-refractivity contribution in [3.05, 3.63) is 71.8 Å². The van der Waals surface area contributed by atoms with Gasteiger partial charge in [-0.05, 0) is 23.3 Å². The standard InChI is InChI=1S/C14H13O2/c15-13-8-4-5-11(9-13)10-14(16)12-6-2-1-3-7-12/h1-9,15-16H,10H2. The summed E-state index contributed by atoms with van der Waals surface area (Å²) in [4.78, 5) is 0. The summed E-state index contributed by atoms with van der Waals surface area (Å²) in [7, 11) is 0. The average Bonchev–Trinajstić information content (AvgIpc) is 2.30. The van der Waals surface area contributed by atoms with Crippen molar-refractivity contribution in [3.63, 3.8) is 0 Å². The lowest BCUT2D eigenvalue weighted by Crippen LogP contribution is -2.02. The Kier molecular flexibility index (Phi) is 3.22.